The van der Waals surface area contributed by atoms with Crippen LogP contribution in [0.3, 0.4) is 0 Å². The van der Waals surface area contributed by atoms with Gasteiger partial charge in [-0.25, -0.2) is 14.8 Å². The predicted molar refractivity (Wildman–Crippen MR) is 134 cm³/mol. The lowest BCUT2D eigenvalue weighted by atomic mass is 9.91. The molecular weight excluding hydrogens is 532 g/mol. The quantitative estimate of drug-likeness (QED) is 0.125. The Morgan fingerprint density at radius 3 is 2.56 bits per heavy atom. The van der Waals surface area contributed by atoms with Gasteiger partial charge in [-0.2, -0.15) is 4.52 Å². The topological polar surface area (TPSA) is 208 Å². The van der Waals surface area contributed by atoms with Crippen LogP contribution < -0.4 is 21.5 Å². The molecule has 5 N–H and O–H groups in total. The number of nitrogens with zero attached hydrogens (tertiary/aromatic N) is 4. The van der Waals surface area contributed by atoms with Crippen molar-refractivity contribution in [3.05, 3.63) is 64.3 Å². The molecule has 4 amide bonds. The minimum Gasteiger partial charge on any atom is -0.480 e. The molecule has 2 aromatic heterocycles. The molecule has 0 bridgehead atoms. The van der Waals surface area contributed by atoms with E-state index < -0.39 is 57.1 Å². The Balaban J connectivity index is 1.47. The Hall–Kier alpha value is -4.73. The van der Waals surface area contributed by atoms with Crippen molar-refractivity contribution in [1.29, 1.82) is 0 Å². The lowest BCUT2D eigenvalue weighted by Gasteiger charge is -2.52. The fourth-order valence-corrected chi connectivity index (χ4v) is 6.47. The van der Waals surface area contributed by atoms with E-state index in [-0.39, 0.29) is 17.8 Å². The van der Waals surface area contributed by atoms with Gasteiger partial charge in [0.1, 0.15) is 29.3 Å². The van der Waals surface area contributed by atoms with Gasteiger partial charge in [0, 0.05) is 10.9 Å². The molecule has 2 fully saturated rings. The maximum Gasteiger partial charge on any atom is 0.327 e. The number of amides is 4. The number of hydrogen-bond acceptors (Lipinski definition) is 9. The number of fused-ring (bicyclic) bond motifs is 2. The smallest absolute Gasteiger partial charge is 0.327 e. The number of H-pyrrole nitrogens is 1. The molecule has 2 aliphatic rings. The highest BCUT2D eigenvalue weighted by atomic mass is 32.2. The van der Waals surface area contributed by atoms with Gasteiger partial charge in [0.05, 0.1) is 0 Å². The van der Waals surface area contributed by atoms with Gasteiger partial charge in [-0.15, -0.1) is 11.8 Å². The lowest BCUT2D eigenvalue weighted by molar-refractivity contribution is -0.172. The number of thioether (sulfide) groups is 1. The third-order valence-electron chi connectivity index (χ3n) is 6.61. The highest BCUT2D eigenvalue weighted by Crippen LogP contribution is 2.54. The van der Waals surface area contributed by atoms with Crippen molar-refractivity contribution in [2.24, 2.45) is 0 Å². The molecule has 5 rings (SSSR count). The summed E-state index contributed by atoms with van der Waals surface area (Å²) in [5.41, 5.74) is -2.78. The van der Waals surface area contributed by atoms with Crippen LogP contribution in [-0.2, 0) is 19.2 Å². The van der Waals surface area contributed by atoms with Crippen molar-refractivity contribution in [3.8, 4) is 0 Å². The number of hydrogen-bond donors (Lipinski definition) is 5. The molecule has 2 saturated heterocycles. The molecule has 4 atom stereocenters. The average molecular weight is 555 g/mol. The van der Waals surface area contributed by atoms with Gasteiger partial charge in [0.15, 0.2) is 0 Å². The molecule has 0 spiro atoms. The van der Waals surface area contributed by atoms with E-state index in [1.807, 2.05) is 0 Å². The second-order valence-corrected chi connectivity index (χ2v) is 11.1. The second-order valence-electron chi connectivity index (χ2n) is 9.40. The van der Waals surface area contributed by atoms with Gasteiger partial charge in [-0.1, -0.05) is 30.3 Å². The van der Waals surface area contributed by atoms with Crippen LogP contribution in [0.1, 0.15) is 35.8 Å². The van der Waals surface area contributed by atoms with Crippen LogP contribution in [0.2, 0.25) is 0 Å². The third-order valence-corrected chi connectivity index (χ3v) is 8.25. The highest BCUT2D eigenvalue weighted by Gasteiger charge is 2.72. The van der Waals surface area contributed by atoms with Crippen molar-refractivity contribution < 1.29 is 29.1 Å². The van der Waals surface area contributed by atoms with Gasteiger partial charge in [-0.3, -0.25) is 29.1 Å². The van der Waals surface area contributed by atoms with E-state index in [9.17, 15) is 33.9 Å². The molecule has 202 valence electrons. The summed E-state index contributed by atoms with van der Waals surface area (Å²) in [6.45, 7) is 3.29. The molecule has 15 nitrogen and oxygen atoms in total. The fraction of sp³-hybridized carbons (Fsp3) is 0.304. The van der Waals surface area contributed by atoms with Gasteiger partial charge in [-0.05, 0) is 19.4 Å². The number of carbonyl (C=O) groups is 5. The number of carbonyl (C=O) groups excluding carboxylic acids is 4. The number of nitrogens with one attached hydrogen (secondary N) is 4. The molecule has 4 heterocycles. The van der Waals surface area contributed by atoms with Gasteiger partial charge in [0.2, 0.25) is 18.0 Å². The Morgan fingerprint density at radius 1 is 1.18 bits per heavy atom. The number of carboxylic acid groups (broad SMARTS) is 1. The zero-order valence-electron chi connectivity index (χ0n) is 20.4. The number of benzene rings is 1. The minimum atomic E-state index is -1.96. The molecule has 0 saturated carbocycles. The first kappa shape index (κ1) is 25.9. The summed E-state index contributed by atoms with van der Waals surface area (Å²) >= 11 is 1.11. The summed E-state index contributed by atoms with van der Waals surface area (Å²) in [5, 5.41) is 18.7. The number of aromatic amines is 1. The first-order valence-corrected chi connectivity index (χ1v) is 12.4. The fourth-order valence-electron chi connectivity index (χ4n) is 4.81. The van der Waals surface area contributed by atoms with Crippen LogP contribution >= 0.6 is 11.8 Å². The van der Waals surface area contributed by atoms with Crippen molar-refractivity contribution in [3.63, 3.8) is 0 Å². The van der Waals surface area contributed by atoms with Crippen molar-refractivity contribution >= 4 is 47.6 Å². The summed E-state index contributed by atoms with van der Waals surface area (Å²) in [5.74, 6) is -3.81. The maximum absolute atomic E-state index is 13.7. The summed E-state index contributed by atoms with van der Waals surface area (Å²) < 4.78 is 0.0197. The summed E-state index contributed by atoms with van der Waals surface area (Å²) in [7, 11) is 0. The SMILES string of the molecule is CC1(C)S[C@H]2N(C(=O)[C@@]2(NC=O)NC(=O)C(NC(=O)c2cnc3nc[nH]n3c2=O)c2ccccc2)[C@H]1C(=O)O. The Bertz CT molecular complexity index is 1570. The van der Waals surface area contributed by atoms with Crippen LogP contribution in [0.15, 0.2) is 47.7 Å². The van der Waals surface area contributed by atoms with E-state index in [1.165, 1.54) is 6.33 Å². The molecule has 2 aliphatic heterocycles. The molecule has 3 aromatic rings. The normalized spacial score (nSPS) is 23.8. The molecule has 39 heavy (non-hydrogen) atoms. The van der Waals surface area contributed by atoms with E-state index in [4.69, 9.17) is 0 Å². The van der Waals surface area contributed by atoms with Crippen molar-refractivity contribution in [2.75, 3.05) is 0 Å². The van der Waals surface area contributed by atoms with E-state index in [0.717, 1.165) is 27.4 Å². The summed E-state index contributed by atoms with van der Waals surface area (Å²) in [4.78, 5) is 85.2. The maximum atomic E-state index is 13.7. The number of aliphatic carboxylic acids is 1. The Morgan fingerprint density at radius 2 is 1.90 bits per heavy atom. The molecule has 1 aromatic carbocycles. The van der Waals surface area contributed by atoms with Crippen LogP contribution in [0.4, 0.5) is 0 Å². The average Bonchev–Trinajstić information content (AvgIpc) is 3.48. The predicted octanol–water partition coefficient (Wildman–Crippen LogP) is -1.41. The van der Waals surface area contributed by atoms with Crippen LogP contribution in [0.5, 0.6) is 0 Å². The summed E-state index contributed by atoms with van der Waals surface area (Å²) in [6.07, 6.45) is 2.49. The largest absolute Gasteiger partial charge is 0.480 e. The first-order valence-electron chi connectivity index (χ1n) is 11.6. The van der Waals surface area contributed by atoms with Gasteiger partial charge < -0.3 is 26.0 Å². The van der Waals surface area contributed by atoms with Crippen LogP contribution in [-0.4, -0.2) is 81.5 Å². The second kappa shape index (κ2) is 9.23. The molecule has 1 unspecified atom stereocenters. The van der Waals surface area contributed by atoms with Crippen LogP contribution in [0, 0.1) is 0 Å². The van der Waals surface area contributed by atoms with E-state index in [1.54, 1.807) is 44.2 Å². The number of aromatic nitrogens is 4. The summed E-state index contributed by atoms with van der Waals surface area (Å²) in [6, 6.07) is 5.43. The van der Waals surface area contributed by atoms with E-state index in [0.29, 0.717) is 5.56 Å². The van der Waals surface area contributed by atoms with Gasteiger partial charge >= 0.3 is 5.97 Å². The molecule has 0 aliphatic carbocycles. The van der Waals surface area contributed by atoms with Gasteiger partial charge in [0.25, 0.3) is 23.2 Å². The zero-order chi connectivity index (χ0) is 28.1. The number of rotatable bonds is 8. The standard InChI is InChI=1S/C23H22N8O7S/c1-22(2)14(18(36)37)30-19(38)23(26-10-32,20(30)39-22)29-16(34)13(11-6-4-3-5-7-11)28-15(33)12-8-24-21-25-9-27-31(21)17(12)35/h3-10,13-14,20H,1-2H3,(H,26,32)(H,28,33)(H,29,34)(H,36,37)(H,24,25,27)/t13?,14-,20+,23+/m0/s1. The monoisotopic (exact) mass is 554 g/mol. The first-order chi connectivity index (χ1) is 18.5. The Kier molecular flexibility index (Phi) is 6.13. The third kappa shape index (κ3) is 3.99. The molecular formula is C23H22N8O7S. The lowest BCUT2D eigenvalue weighted by Crippen LogP contribution is -2.85. The van der Waals surface area contributed by atoms with Crippen molar-refractivity contribution in [2.45, 2.75) is 41.7 Å². The van der Waals surface area contributed by atoms with E-state index >= 15 is 0 Å². The number of β-lactam (4-membered cyclic amide) rings is 1. The highest BCUT2D eigenvalue weighted by molar-refractivity contribution is 8.01. The minimum absolute atomic E-state index is 0.0421. The van der Waals surface area contributed by atoms with Crippen LogP contribution in [0.25, 0.3) is 5.78 Å². The Labute approximate surface area is 223 Å². The number of carboxylic acids is 1. The van der Waals surface area contributed by atoms with E-state index in [2.05, 4.69) is 31.0 Å². The molecule has 16 heteroatoms. The zero-order valence-corrected chi connectivity index (χ0v) is 21.3. The van der Waals surface area contributed by atoms with Crippen molar-refractivity contribution in [1.82, 2.24) is 40.4 Å². The molecule has 0 radical (unpaired) electrons.